The Hall–Kier alpha value is -4.98. The van der Waals surface area contributed by atoms with E-state index in [2.05, 4.69) is 15.8 Å². The molecule has 4 rings (SSSR count). The summed E-state index contributed by atoms with van der Waals surface area (Å²) in [5.74, 6) is -0.654. The summed E-state index contributed by atoms with van der Waals surface area (Å²) in [5, 5.41) is 9.27. The van der Waals surface area contributed by atoms with E-state index in [9.17, 15) is 14.4 Å². The minimum atomic E-state index is -0.992. The highest BCUT2D eigenvalue weighted by molar-refractivity contribution is 6.10. The van der Waals surface area contributed by atoms with E-state index in [-0.39, 0.29) is 11.7 Å². The molecule has 0 aliphatic heterocycles. The molecule has 3 amide bonds. The number of hydrogen-bond acceptors (Lipinski definition) is 5. The van der Waals surface area contributed by atoms with Crippen molar-refractivity contribution in [3.05, 3.63) is 125 Å². The molecule has 1 heterocycles. The van der Waals surface area contributed by atoms with Crippen LogP contribution in [0.2, 0.25) is 0 Å². The first-order valence-electron chi connectivity index (χ1n) is 12.5. The van der Waals surface area contributed by atoms with Crippen molar-refractivity contribution < 1.29 is 18.9 Å². The standard InChI is InChI=1S/C31H30N4O4/c1-21-14-15-22(2)26(18-21)35(29(37)17-16-28(36)33-27-19-23(3)39-34-27)30(25-12-8-5-9-13-25)31(38)32-20-24-10-6-4-7-11-24/h4-19,30H,20H2,1-3H3,(H,32,38)(H,33,34,36)/b17-16+/t30-/m0/s1. The number of carbonyl (C=O) groups excluding carboxylic acids is 3. The van der Waals surface area contributed by atoms with E-state index in [1.165, 1.54) is 4.90 Å². The van der Waals surface area contributed by atoms with Crippen molar-refractivity contribution in [2.24, 2.45) is 0 Å². The zero-order valence-corrected chi connectivity index (χ0v) is 22.0. The second-order valence-corrected chi connectivity index (χ2v) is 9.16. The van der Waals surface area contributed by atoms with Crippen molar-refractivity contribution in [1.29, 1.82) is 0 Å². The minimum Gasteiger partial charge on any atom is -0.360 e. The number of aryl methyl sites for hydroxylation is 3. The summed E-state index contributed by atoms with van der Waals surface area (Å²) in [6.45, 7) is 5.80. The van der Waals surface area contributed by atoms with Crippen LogP contribution in [0.1, 0.15) is 34.1 Å². The van der Waals surface area contributed by atoms with Crippen LogP contribution in [0, 0.1) is 20.8 Å². The molecule has 0 bridgehead atoms. The van der Waals surface area contributed by atoms with Crippen molar-refractivity contribution in [2.75, 3.05) is 10.2 Å². The topological polar surface area (TPSA) is 105 Å². The van der Waals surface area contributed by atoms with E-state index in [0.29, 0.717) is 23.6 Å². The Morgan fingerprint density at radius 2 is 1.59 bits per heavy atom. The summed E-state index contributed by atoms with van der Waals surface area (Å²) in [4.78, 5) is 41.5. The molecule has 0 spiro atoms. The lowest BCUT2D eigenvalue weighted by Gasteiger charge is -2.32. The second-order valence-electron chi connectivity index (χ2n) is 9.16. The maximum Gasteiger partial charge on any atom is 0.252 e. The van der Waals surface area contributed by atoms with Crippen molar-refractivity contribution in [1.82, 2.24) is 10.5 Å². The first kappa shape index (κ1) is 27.1. The number of amides is 3. The van der Waals surface area contributed by atoms with Crippen LogP contribution in [0.4, 0.5) is 11.5 Å². The van der Waals surface area contributed by atoms with E-state index in [0.717, 1.165) is 28.8 Å². The van der Waals surface area contributed by atoms with Crippen molar-refractivity contribution in [3.8, 4) is 0 Å². The average Bonchev–Trinajstić information content (AvgIpc) is 3.35. The van der Waals surface area contributed by atoms with Crippen LogP contribution in [0.5, 0.6) is 0 Å². The number of benzene rings is 3. The van der Waals surface area contributed by atoms with Crippen molar-refractivity contribution in [3.63, 3.8) is 0 Å². The molecule has 198 valence electrons. The van der Waals surface area contributed by atoms with Crippen LogP contribution >= 0.6 is 0 Å². The number of nitrogens with one attached hydrogen (secondary N) is 2. The molecule has 1 atom stereocenters. The predicted octanol–water partition coefficient (Wildman–Crippen LogP) is 5.19. The molecule has 8 nitrogen and oxygen atoms in total. The summed E-state index contributed by atoms with van der Waals surface area (Å²) in [7, 11) is 0. The fraction of sp³-hybridized carbons (Fsp3) is 0.161. The lowest BCUT2D eigenvalue weighted by atomic mass is 10.0. The predicted molar refractivity (Wildman–Crippen MR) is 150 cm³/mol. The average molecular weight is 523 g/mol. The maximum atomic E-state index is 13.8. The number of carbonyl (C=O) groups is 3. The van der Waals surface area contributed by atoms with E-state index >= 15 is 0 Å². The van der Waals surface area contributed by atoms with Crippen molar-refractivity contribution in [2.45, 2.75) is 33.4 Å². The molecular formula is C31H30N4O4. The Kier molecular flexibility index (Phi) is 8.68. The Balaban J connectivity index is 1.70. The quantitative estimate of drug-likeness (QED) is 0.295. The van der Waals surface area contributed by atoms with E-state index in [1.807, 2.05) is 92.7 Å². The molecule has 0 saturated heterocycles. The van der Waals surface area contributed by atoms with Gasteiger partial charge in [0.1, 0.15) is 11.8 Å². The van der Waals surface area contributed by atoms with Gasteiger partial charge in [-0.1, -0.05) is 78.0 Å². The molecule has 0 fully saturated rings. The van der Waals surface area contributed by atoms with Gasteiger partial charge < -0.3 is 15.2 Å². The lowest BCUT2D eigenvalue weighted by Crippen LogP contribution is -2.43. The van der Waals surface area contributed by atoms with Crippen LogP contribution in [0.25, 0.3) is 0 Å². The third-order valence-corrected chi connectivity index (χ3v) is 6.05. The number of aromatic nitrogens is 1. The Morgan fingerprint density at radius 1 is 0.897 bits per heavy atom. The van der Waals surface area contributed by atoms with Gasteiger partial charge in [-0.15, -0.1) is 0 Å². The fourth-order valence-electron chi connectivity index (χ4n) is 4.12. The van der Waals surface area contributed by atoms with Crippen LogP contribution in [-0.4, -0.2) is 22.9 Å². The van der Waals surface area contributed by atoms with Crippen LogP contribution in [0.15, 0.2) is 102 Å². The third-order valence-electron chi connectivity index (χ3n) is 6.05. The summed E-state index contributed by atoms with van der Waals surface area (Å²) >= 11 is 0. The van der Waals surface area contributed by atoms with Gasteiger partial charge in [-0.2, -0.15) is 0 Å². The molecule has 1 aromatic heterocycles. The van der Waals surface area contributed by atoms with E-state index < -0.39 is 17.9 Å². The molecule has 0 radical (unpaired) electrons. The second kappa shape index (κ2) is 12.5. The molecule has 0 unspecified atom stereocenters. The summed E-state index contributed by atoms with van der Waals surface area (Å²) < 4.78 is 4.96. The molecule has 4 aromatic rings. The molecule has 3 aromatic carbocycles. The van der Waals surface area contributed by atoms with E-state index in [1.54, 1.807) is 13.0 Å². The molecule has 2 N–H and O–H groups in total. The Labute approximate surface area is 227 Å². The number of rotatable bonds is 9. The Bertz CT molecular complexity index is 1480. The van der Waals surface area contributed by atoms with Gasteiger partial charge in [0.2, 0.25) is 11.8 Å². The molecule has 0 aliphatic rings. The number of nitrogens with zero attached hydrogens (tertiary/aromatic N) is 2. The molecular weight excluding hydrogens is 492 g/mol. The van der Waals surface area contributed by atoms with Crippen LogP contribution in [0.3, 0.4) is 0 Å². The molecule has 0 aliphatic carbocycles. The zero-order valence-electron chi connectivity index (χ0n) is 22.0. The Morgan fingerprint density at radius 3 is 2.26 bits per heavy atom. The largest absolute Gasteiger partial charge is 0.360 e. The highest BCUT2D eigenvalue weighted by Gasteiger charge is 2.32. The number of hydrogen-bond donors (Lipinski definition) is 2. The summed E-state index contributed by atoms with van der Waals surface area (Å²) in [5.41, 5.74) is 3.87. The maximum absolute atomic E-state index is 13.8. The summed E-state index contributed by atoms with van der Waals surface area (Å²) in [6.07, 6.45) is 2.28. The SMILES string of the molecule is Cc1ccc(C)c(N(C(=O)/C=C/C(=O)Nc2cc(C)on2)[C@H](C(=O)NCc2ccccc2)c2ccccc2)c1. The van der Waals surface area contributed by atoms with E-state index in [4.69, 9.17) is 4.52 Å². The van der Waals surface area contributed by atoms with Crippen LogP contribution < -0.4 is 15.5 Å². The van der Waals surface area contributed by atoms with Gasteiger partial charge in [-0.25, -0.2) is 0 Å². The van der Waals surface area contributed by atoms with Gasteiger partial charge in [0.15, 0.2) is 5.82 Å². The highest BCUT2D eigenvalue weighted by atomic mass is 16.5. The van der Waals surface area contributed by atoms with Gasteiger partial charge in [-0.3, -0.25) is 19.3 Å². The van der Waals surface area contributed by atoms with Gasteiger partial charge in [0.05, 0.1) is 0 Å². The van der Waals surface area contributed by atoms with Gasteiger partial charge in [0.25, 0.3) is 5.91 Å². The monoisotopic (exact) mass is 522 g/mol. The zero-order chi connectivity index (χ0) is 27.8. The van der Waals surface area contributed by atoms with Gasteiger partial charge >= 0.3 is 0 Å². The summed E-state index contributed by atoms with van der Waals surface area (Å²) in [6, 6.07) is 24.9. The van der Waals surface area contributed by atoms with Gasteiger partial charge in [-0.05, 0) is 49.1 Å². The van der Waals surface area contributed by atoms with Gasteiger partial charge in [0, 0.05) is 30.5 Å². The molecule has 39 heavy (non-hydrogen) atoms. The fourth-order valence-corrected chi connectivity index (χ4v) is 4.12. The normalized spacial score (nSPS) is 11.7. The van der Waals surface area contributed by atoms with Crippen molar-refractivity contribution >= 4 is 29.2 Å². The third kappa shape index (κ3) is 7.07. The molecule has 8 heteroatoms. The lowest BCUT2D eigenvalue weighted by molar-refractivity contribution is -0.125. The first-order valence-corrected chi connectivity index (χ1v) is 12.5. The number of anilines is 2. The molecule has 0 saturated carbocycles. The first-order chi connectivity index (χ1) is 18.8. The van der Waals surface area contributed by atoms with Crippen LogP contribution in [-0.2, 0) is 20.9 Å². The smallest absolute Gasteiger partial charge is 0.252 e. The minimum absolute atomic E-state index is 0.239. The highest BCUT2D eigenvalue weighted by Crippen LogP contribution is 2.31.